The number of nitrogens with one attached hydrogen (secondary N) is 1. The number of para-hydroxylation sites is 2. The van der Waals surface area contributed by atoms with Crippen molar-refractivity contribution in [3.63, 3.8) is 0 Å². The first kappa shape index (κ1) is 18.8. The average molecular weight is 392 g/mol. The predicted octanol–water partition coefficient (Wildman–Crippen LogP) is 5.96. The summed E-state index contributed by atoms with van der Waals surface area (Å²) in [6.07, 6.45) is 2.79. The summed E-state index contributed by atoms with van der Waals surface area (Å²) in [4.78, 5) is 17.0. The van der Waals surface area contributed by atoms with E-state index in [0.29, 0.717) is 28.8 Å². The molecule has 0 radical (unpaired) electrons. The Hall–Kier alpha value is -1.99. The highest BCUT2D eigenvalue weighted by Gasteiger charge is 2.11. The molecule has 0 bridgehead atoms. The Morgan fingerprint density at radius 2 is 1.88 bits per heavy atom. The highest BCUT2D eigenvalue weighted by molar-refractivity contribution is 7.99. The predicted molar refractivity (Wildman–Crippen MR) is 104 cm³/mol. The lowest BCUT2D eigenvalue weighted by atomic mass is 10.2. The van der Waals surface area contributed by atoms with Crippen LogP contribution in [0.3, 0.4) is 0 Å². The van der Waals surface area contributed by atoms with Crippen LogP contribution in [-0.2, 0) is 11.2 Å². The molecule has 0 atom stereocenters. The van der Waals surface area contributed by atoms with Gasteiger partial charge >= 0.3 is 0 Å². The molecule has 3 nitrogen and oxygen atoms in total. The van der Waals surface area contributed by atoms with Crippen molar-refractivity contribution in [2.45, 2.75) is 36.3 Å². The molecule has 3 aromatic rings. The zero-order valence-corrected chi connectivity index (χ0v) is 15.6. The molecule has 1 aromatic heterocycles. The standard InChI is InChI=1S/C19H18F2N2OS2/c20-19(21)26-16-10-4-1-7-13(16)22-17(24)11-5-6-12-18-23-14-8-2-3-9-15(14)25-18/h1-4,7-10,19H,5-6,11-12H2,(H,22,24). The normalized spacial score (nSPS) is 11.2. The molecule has 0 saturated heterocycles. The first-order chi connectivity index (χ1) is 12.6. The number of nitrogens with zero attached hydrogens (tertiary/aromatic N) is 1. The van der Waals surface area contributed by atoms with Gasteiger partial charge < -0.3 is 5.32 Å². The maximum Gasteiger partial charge on any atom is 0.288 e. The number of unbranched alkanes of at least 4 members (excludes halogenated alkanes) is 1. The van der Waals surface area contributed by atoms with Crippen LogP contribution in [0.4, 0.5) is 14.5 Å². The van der Waals surface area contributed by atoms with E-state index in [0.717, 1.165) is 29.8 Å². The number of alkyl halides is 2. The number of benzene rings is 2. The van der Waals surface area contributed by atoms with E-state index in [1.165, 1.54) is 4.70 Å². The Morgan fingerprint density at radius 3 is 2.69 bits per heavy atom. The third-order valence-corrected chi connectivity index (χ3v) is 5.64. The number of hydrogen-bond acceptors (Lipinski definition) is 4. The molecule has 136 valence electrons. The number of carbonyl (C=O) groups excluding carboxylic acids is 1. The maximum absolute atomic E-state index is 12.6. The number of halogens is 2. The number of rotatable bonds is 8. The summed E-state index contributed by atoms with van der Waals surface area (Å²) in [5, 5.41) is 3.80. The van der Waals surface area contributed by atoms with Gasteiger partial charge in [0.15, 0.2) is 0 Å². The minimum absolute atomic E-state index is 0.156. The van der Waals surface area contributed by atoms with Gasteiger partial charge in [0.25, 0.3) is 5.76 Å². The Morgan fingerprint density at radius 1 is 1.12 bits per heavy atom. The molecule has 7 heteroatoms. The summed E-state index contributed by atoms with van der Waals surface area (Å²) in [6, 6.07) is 14.6. The lowest BCUT2D eigenvalue weighted by molar-refractivity contribution is -0.116. The van der Waals surface area contributed by atoms with E-state index in [-0.39, 0.29) is 5.91 Å². The van der Waals surface area contributed by atoms with Crippen molar-refractivity contribution in [2.24, 2.45) is 0 Å². The molecule has 0 aliphatic rings. The number of fused-ring (bicyclic) bond motifs is 1. The van der Waals surface area contributed by atoms with Crippen molar-refractivity contribution in [3.05, 3.63) is 53.5 Å². The van der Waals surface area contributed by atoms with Crippen molar-refractivity contribution in [1.29, 1.82) is 0 Å². The quantitative estimate of drug-likeness (QED) is 0.380. The van der Waals surface area contributed by atoms with Crippen molar-refractivity contribution in [3.8, 4) is 0 Å². The molecule has 3 rings (SSSR count). The van der Waals surface area contributed by atoms with E-state index in [2.05, 4.69) is 16.4 Å². The highest BCUT2D eigenvalue weighted by atomic mass is 32.2. The van der Waals surface area contributed by atoms with Gasteiger partial charge in [0.1, 0.15) is 0 Å². The van der Waals surface area contributed by atoms with Crippen molar-refractivity contribution in [2.75, 3.05) is 5.32 Å². The fraction of sp³-hybridized carbons (Fsp3) is 0.263. The van der Waals surface area contributed by atoms with Crippen molar-refractivity contribution in [1.82, 2.24) is 4.98 Å². The van der Waals surface area contributed by atoms with Gasteiger partial charge in [0.2, 0.25) is 5.91 Å². The number of hydrogen-bond donors (Lipinski definition) is 1. The first-order valence-electron chi connectivity index (χ1n) is 8.30. The SMILES string of the molecule is O=C(CCCCc1nc2ccccc2s1)Nc1ccccc1SC(F)F. The second-order valence-corrected chi connectivity index (χ2v) is 7.85. The first-order valence-corrected chi connectivity index (χ1v) is 9.99. The van der Waals surface area contributed by atoms with E-state index in [9.17, 15) is 13.6 Å². The summed E-state index contributed by atoms with van der Waals surface area (Å²) < 4.78 is 26.3. The van der Waals surface area contributed by atoms with Crippen molar-refractivity contribution < 1.29 is 13.6 Å². The van der Waals surface area contributed by atoms with Crippen LogP contribution in [0.5, 0.6) is 0 Å². The van der Waals surface area contributed by atoms with Crippen LogP contribution < -0.4 is 5.32 Å². The zero-order chi connectivity index (χ0) is 18.4. The molecule has 0 fully saturated rings. The van der Waals surface area contributed by atoms with E-state index in [4.69, 9.17) is 0 Å². The molecule has 0 aliphatic heterocycles. The molecule has 26 heavy (non-hydrogen) atoms. The second-order valence-electron chi connectivity index (χ2n) is 5.71. The molecule has 1 N–H and O–H groups in total. The van der Waals surface area contributed by atoms with Crippen LogP contribution in [0, 0.1) is 0 Å². The summed E-state index contributed by atoms with van der Waals surface area (Å²) in [5.41, 5.74) is 1.45. The lowest BCUT2D eigenvalue weighted by Crippen LogP contribution is -2.12. The van der Waals surface area contributed by atoms with Crippen LogP contribution in [0.1, 0.15) is 24.3 Å². The number of thiazole rings is 1. The molecule has 0 unspecified atom stereocenters. The summed E-state index contributed by atoms with van der Waals surface area (Å²) in [5.74, 6) is -2.67. The molecular formula is C19H18F2N2OS2. The van der Waals surface area contributed by atoms with Gasteiger partial charge in [-0.15, -0.1) is 11.3 Å². The van der Waals surface area contributed by atoms with E-state index in [1.54, 1.807) is 35.6 Å². The minimum Gasteiger partial charge on any atom is -0.325 e. The van der Waals surface area contributed by atoms with Gasteiger partial charge in [-0.2, -0.15) is 8.78 Å². The molecule has 0 aliphatic carbocycles. The van der Waals surface area contributed by atoms with Crippen LogP contribution in [0.2, 0.25) is 0 Å². The number of thioether (sulfide) groups is 1. The summed E-state index contributed by atoms with van der Waals surface area (Å²) >= 11 is 2.12. The number of aromatic nitrogens is 1. The van der Waals surface area contributed by atoms with E-state index >= 15 is 0 Å². The van der Waals surface area contributed by atoms with Crippen LogP contribution in [0.15, 0.2) is 53.4 Å². The molecule has 1 heterocycles. The zero-order valence-electron chi connectivity index (χ0n) is 14.0. The van der Waals surface area contributed by atoms with Crippen molar-refractivity contribution >= 4 is 44.9 Å². The molecular weight excluding hydrogens is 374 g/mol. The van der Waals surface area contributed by atoms with Crippen LogP contribution in [0.25, 0.3) is 10.2 Å². The third kappa shape index (κ3) is 5.25. The lowest BCUT2D eigenvalue weighted by Gasteiger charge is -2.10. The maximum atomic E-state index is 12.6. The fourth-order valence-corrected chi connectivity index (χ4v) is 4.17. The Kier molecular flexibility index (Phi) is 6.57. The number of aryl methyl sites for hydroxylation is 1. The molecule has 1 amide bonds. The smallest absolute Gasteiger partial charge is 0.288 e. The number of anilines is 1. The summed E-state index contributed by atoms with van der Waals surface area (Å²) in [7, 11) is 0. The van der Waals surface area contributed by atoms with Crippen LogP contribution >= 0.6 is 23.1 Å². The topological polar surface area (TPSA) is 42.0 Å². The van der Waals surface area contributed by atoms with Gasteiger partial charge in [0.05, 0.1) is 20.9 Å². The number of amides is 1. The average Bonchev–Trinajstić information content (AvgIpc) is 3.03. The Balaban J connectivity index is 1.46. The molecule has 2 aromatic carbocycles. The third-order valence-electron chi connectivity index (χ3n) is 3.76. The second kappa shape index (κ2) is 9.09. The van der Waals surface area contributed by atoms with Gasteiger partial charge in [-0.25, -0.2) is 4.98 Å². The Labute approximate surface area is 158 Å². The molecule has 0 saturated carbocycles. The highest BCUT2D eigenvalue weighted by Crippen LogP contribution is 2.31. The largest absolute Gasteiger partial charge is 0.325 e. The van der Waals surface area contributed by atoms with E-state index < -0.39 is 5.76 Å². The Bertz CT molecular complexity index is 850. The van der Waals surface area contributed by atoms with E-state index in [1.807, 2.05) is 18.2 Å². The van der Waals surface area contributed by atoms with Gasteiger partial charge in [0, 0.05) is 11.3 Å². The monoisotopic (exact) mass is 392 g/mol. The van der Waals surface area contributed by atoms with Crippen LogP contribution in [-0.4, -0.2) is 16.6 Å². The summed E-state index contributed by atoms with van der Waals surface area (Å²) in [6.45, 7) is 0. The van der Waals surface area contributed by atoms with Gasteiger partial charge in [-0.1, -0.05) is 36.0 Å². The minimum atomic E-state index is -2.51. The van der Waals surface area contributed by atoms with Gasteiger partial charge in [-0.3, -0.25) is 4.79 Å². The fourth-order valence-electron chi connectivity index (χ4n) is 2.57. The number of carbonyl (C=O) groups is 1. The van der Waals surface area contributed by atoms with Gasteiger partial charge in [-0.05, 0) is 43.5 Å². The molecule has 0 spiro atoms.